The molecule has 0 aliphatic heterocycles. The fourth-order valence-corrected chi connectivity index (χ4v) is 3.08. The third-order valence-corrected chi connectivity index (χ3v) is 4.34. The van der Waals surface area contributed by atoms with Crippen LogP contribution in [0.15, 0.2) is 29.4 Å². The smallest absolute Gasteiger partial charge is 0.169 e. The molecule has 0 bridgehead atoms. The predicted octanol–water partition coefficient (Wildman–Crippen LogP) is 2.67. The lowest BCUT2D eigenvalue weighted by molar-refractivity contribution is 0.113. The van der Waals surface area contributed by atoms with E-state index in [-0.39, 0.29) is 6.61 Å². The molecule has 0 fully saturated rings. The van der Waals surface area contributed by atoms with Crippen LogP contribution in [0.5, 0.6) is 0 Å². The Bertz CT molecular complexity index is 542. The Labute approximate surface area is 123 Å². The molecule has 1 atom stereocenters. The summed E-state index contributed by atoms with van der Waals surface area (Å²) in [5.41, 5.74) is 2.13. The van der Waals surface area contributed by atoms with Crippen molar-refractivity contribution in [3.63, 3.8) is 0 Å². The first-order chi connectivity index (χ1) is 9.76. The van der Waals surface area contributed by atoms with Gasteiger partial charge in [0.15, 0.2) is 5.16 Å². The molecule has 0 saturated heterocycles. The van der Waals surface area contributed by atoms with Gasteiger partial charge in [0.2, 0.25) is 0 Å². The van der Waals surface area contributed by atoms with E-state index in [9.17, 15) is 5.11 Å². The number of fused-ring (bicyclic) bond motifs is 1. The van der Waals surface area contributed by atoms with Crippen molar-refractivity contribution < 1.29 is 10.2 Å². The van der Waals surface area contributed by atoms with Crippen LogP contribution in [0, 0.1) is 0 Å². The van der Waals surface area contributed by atoms with Crippen molar-refractivity contribution in [1.82, 2.24) is 9.55 Å². The monoisotopic (exact) mass is 294 g/mol. The molecule has 0 saturated carbocycles. The molecule has 4 nitrogen and oxygen atoms in total. The van der Waals surface area contributed by atoms with Gasteiger partial charge in [-0.25, -0.2) is 4.98 Å². The maximum absolute atomic E-state index is 9.49. The molecular formula is C15H22N2O2S. The molecule has 0 amide bonds. The minimum atomic E-state index is -0.691. The Morgan fingerprint density at radius 1 is 1.30 bits per heavy atom. The van der Waals surface area contributed by atoms with Crippen LogP contribution >= 0.6 is 11.8 Å². The van der Waals surface area contributed by atoms with Gasteiger partial charge in [-0.2, -0.15) is 0 Å². The highest BCUT2D eigenvalue weighted by Gasteiger charge is 2.12. The first-order valence-corrected chi connectivity index (χ1v) is 8.11. The zero-order chi connectivity index (χ0) is 14.4. The number of aliphatic hydroxyl groups is 2. The topological polar surface area (TPSA) is 58.3 Å². The Kier molecular flexibility index (Phi) is 5.88. The summed E-state index contributed by atoms with van der Waals surface area (Å²) in [5.74, 6) is 0.466. The van der Waals surface area contributed by atoms with Crippen molar-refractivity contribution in [2.75, 3.05) is 12.4 Å². The lowest BCUT2D eigenvalue weighted by atomic mass is 10.2. The molecule has 20 heavy (non-hydrogen) atoms. The summed E-state index contributed by atoms with van der Waals surface area (Å²) < 4.78 is 2.22. The molecule has 2 aromatic rings. The summed E-state index contributed by atoms with van der Waals surface area (Å²) >= 11 is 1.51. The number of aryl methyl sites for hydroxylation is 1. The number of hydrogen-bond acceptors (Lipinski definition) is 4. The van der Waals surface area contributed by atoms with Gasteiger partial charge in [0, 0.05) is 12.3 Å². The molecular weight excluding hydrogens is 272 g/mol. The van der Waals surface area contributed by atoms with Crippen molar-refractivity contribution >= 4 is 22.8 Å². The van der Waals surface area contributed by atoms with Gasteiger partial charge in [0.05, 0.1) is 23.7 Å². The van der Waals surface area contributed by atoms with E-state index < -0.39 is 6.10 Å². The number of imidazole rings is 1. The second kappa shape index (κ2) is 7.67. The highest BCUT2D eigenvalue weighted by molar-refractivity contribution is 7.99. The van der Waals surface area contributed by atoms with Crippen LogP contribution in [-0.4, -0.2) is 38.2 Å². The van der Waals surface area contributed by atoms with Crippen LogP contribution in [0.1, 0.15) is 26.2 Å². The average molecular weight is 294 g/mol. The average Bonchev–Trinajstić information content (AvgIpc) is 2.83. The molecule has 0 radical (unpaired) electrons. The van der Waals surface area contributed by atoms with Gasteiger partial charge in [0.25, 0.3) is 0 Å². The van der Waals surface area contributed by atoms with Crippen LogP contribution in [0.25, 0.3) is 11.0 Å². The SMILES string of the molecule is CCCCCn1c(SCC(O)CO)nc2ccccc21. The number of nitrogens with zero attached hydrogens (tertiary/aromatic N) is 2. The van der Waals surface area contributed by atoms with E-state index in [0.717, 1.165) is 29.2 Å². The number of aromatic nitrogens is 2. The van der Waals surface area contributed by atoms with Crippen LogP contribution in [-0.2, 0) is 6.54 Å². The van der Waals surface area contributed by atoms with Gasteiger partial charge in [0.1, 0.15) is 0 Å². The normalized spacial score (nSPS) is 12.9. The number of thioether (sulfide) groups is 1. The highest BCUT2D eigenvalue weighted by atomic mass is 32.2. The second-order valence-electron chi connectivity index (χ2n) is 4.89. The molecule has 1 heterocycles. The van der Waals surface area contributed by atoms with Crippen molar-refractivity contribution in [3.8, 4) is 0 Å². The summed E-state index contributed by atoms with van der Waals surface area (Å²) in [6, 6.07) is 8.11. The third-order valence-electron chi connectivity index (χ3n) is 3.22. The number of benzene rings is 1. The molecule has 0 spiro atoms. The van der Waals surface area contributed by atoms with Crippen molar-refractivity contribution in [2.24, 2.45) is 0 Å². The van der Waals surface area contributed by atoms with Crippen LogP contribution < -0.4 is 0 Å². The maximum atomic E-state index is 9.49. The fourth-order valence-electron chi connectivity index (χ4n) is 2.12. The number of unbranched alkanes of at least 4 members (excludes halogenated alkanes) is 2. The largest absolute Gasteiger partial charge is 0.394 e. The molecule has 5 heteroatoms. The van der Waals surface area contributed by atoms with Crippen LogP contribution in [0.2, 0.25) is 0 Å². The summed E-state index contributed by atoms with van der Waals surface area (Å²) in [4.78, 5) is 4.63. The number of para-hydroxylation sites is 2. The van der Waals surface area contributed by atoms with E-state index >= 15 is 0 Å². The number of hydrogen-bond donors (Lipinski definition) is 2. The second-order valence-corrected chi connectivity index (χ2v) is 5.88. The zero-order valence-electron chi connectivity index (χ0n) is 11.8. The summed E-state index contributed by atoms with van der Waals surface area (Å²) in [7, 11) is 0. The first-order valence-electron chi connectivity index (χ1n) is 7.13. The summed E-state index contributed by atoms with van der Waals surface area (Å²) in [6.07, 6.45) is 2.84. The molecule has 2 N–H and O–H groups in total. The minimum Gasteiger partial charge on any atom is -0.394 e. The lowest BCUT2D eigenvalue weighted by Crippen LogP contribution is -2.15. The van der Waals surface area contributed by atoms with Gasteiger partial charge >= 0.3 is 0 Å². The van der Waals surface area contributed by atoms with E-state index in [2.05, 4.69) is 22.5 Å². The van der Waals surface area contributed by atoms with Gasteiger partial charge < -0.3 is 14.8 Å². The van der Waals surface area contributed by atoms with Gasteiger partial charge in [-0.05, 0) is 18.6 Å². The molecule has 0 aliphatic carbocycles. The molecule has 1 unspecified atom stereocenters. The fraction of sp³-hybridized carbons (Fsp3) is 0.533. The van der Waals surface area contributed by atoms with E-state index in [0.29, 0.717) is 5.75 Å². The third kappa shape index (κ3) is 3.75. The minimum absolute atomic E-state index is 0.205. The van der Waals surface area contributed by atoms with E-state index in [1.54, 1.807) is 0 Å². The van der Waals surface area contributed by atoms with E-state index in [1.807, 2.05) is 18.2 Å². The van der Waals surface area contributed by atoms with Gasteiger partial charge in [-0.3, -0.25) is 0 Å². The van der Waals surface area contributed by atoms with E-state index in [4.69, 9.17) is 5.11 Å². The van der Waals surface area contributed by atoms with E-state index in [1.165, 1.54) is 24.6 Å². The number of rotatable bonds is 8. The van der Waals surface area contributed by atoms with Crippen molar-refractivity contribution in [1.29, 1.82) is 0 Å². The maximum Gasteiger partial charge on any atom is 0.169 e. The Morgan fingerprint density at radius 2 is 2.10 bits per heavy atom. The molecule has 1 aromatic heterocycles. The molecule has 0 aliphatic rings. The van der Waals surface area contributed by atoms with Crippen LogP contribution in [0.3, 0.4) is 0 Å². The quantitative estimate of drug-likeness (QED) is 0.580. The summed E-state index contributed by atoms with van der Waals surface area (Å²) in [6.45, 7) is 2.94. The Morgan fingerprint density at radius 3 is 2.85 bits per heavy atom. The van der Waals surface area contributed by atoms with Crippen LogP contribution in [0.4, 0.5) is 0 Å². The lowest BCUT2D eigenvalue weighted by Gasteiger charge is -2.10. The first kappa shape index (κ1) is 15.4. The van der Waals surface area contributed by atoms with Gasteiger partial charge in [-0.15, -0.1) is 0 Å². The Hall–Kier alpha value is -1.04. The van der Waals surface area contributed by atoms with Gasteiger partial charge in [-0.1, -0.05) is 43.7 Å². The van der Waals surface area contributed by atoms with Crippen molar-refractivity contribution in [3.05, 3.63) is 24.3 Å². The Balaban J connectivity index is 2.19. The molecule has 1 aromatic carbocycles. The highest BCUT2D eigenvalue weighted by Crippen LogP contribution is 2.25. The molecule has 2 rings (SSSR count). The number of aliphatic hydroxyl groups excluding tert-OH is 2. The summed E-state index contributed by atoms with van der Waals surface area (Å²) in [5, 5.41) is 19.3. The molecule has 110 valence electrons. The standard InChI is InChI=1S/C15H22N2O2S/c1-2-3-6-9-17-14-8-5-4-7-13(14)16-15(17)20-11-12(19)10-18/h4-5,7-8,12,18-19H,2-3,6,9-11H2,1H3. The predicted molar refractivity (Wildman–Crippen MR) is 83.1 cm³/mol. The zero-order valence-corrected chi connectivity index (χ0v) is 12.6. The van der Waals surface area contributed by atoms with Crippen molar-refractivity contribution in [2.45, 2.75) is 44.0 Å².